The number of hydrogen-bond acceptors (Lipinski definition) is 4. The molecule has 4 nitrogen and oxygen atoms in total. The summed E-state index contributed by atoms with van der Waals surface area (Å²) in [7, 11) is 0. The maximum Gasteiger partial charge on any atom is 0.322 e. The van der Waals surface area contributed by atoms with E-state index in [2.05, 4.69) is 13.8 Å². The minimum Gasteiger partial charge on any atom is -0.465 e. The summed E-state index contributed by atoms with van der Waals surface area (Å²) in [4.78, 5) is 24.5. The van der Waals surface area contributed by atoms with Crippen molar-refractivity contribution in [3.8, 4) is 0 Å². The third-order valence-electron chi connectivity index (χ3n) is 5.48. The Bertz CT molecular complexity index is 404. The molecule has 4 heteroatoms. The molecule has 172 valence electrons. The van der Waals surface area contributed by atoms with Crippen molar-refractivity contribution in [1.29, 1.82) is 0 Å². The lowest BCUT2D eigenvalue weighted by Gasteiger charge is -2.20. The summed E-state index contributed by atoms with van der Waals surface area (Å²) in [6.45, 7) is 8.42. The van der Waals surface area contributed by atoms with Crippen molar-refractivity contribution in [2.75, 3.05) is 13.2 Å². The van der Waals surface area contributed by atoms with Crippen LogP contribution in [0.1, 0.15) is 130 Å². The molecule has 29 heavy (non-hydrogen) atoms. The Balaban J connectivity index is 3.72. The molecule has 0 aromatic carbocycles. The molecule has 0 unspecified atom stereocenters. The van der Waals surface area contributed by atoms with Crippen molar-refractivity contribution < 1.29 is 19.1 Å². The molecule has 0 bridgehead atoms. The molecule has 0 fully saturated rings. The number of esters is 2. The van der Waals surface area contributed by atoms with Gasteiger partial charge < -0.3 is 9.47 Å². The van der Waals surface area contributed by atoms with Gasteiger partial charge in [-0.1, -0.05) is 104 Å². The Morgan fingerprint density at radius 3 is 1.10 bits per heavy atom. The molecular weight excluding hydrogens is 364 g/mol. The first-order valence-corrected chi connectivity index (χ1v) is 12.3. The van der Waals surface area contributed by atoms with E-state index in [4.69, 9.17) is 9.47 Å². The van der Waals surface area contributed by atoms with Crippen LogP contribution in [0.15, 0.2) is 0 Å². The van der Waals surface area contributed by atoms with Crippen molar-refractivity contribution in [2.45, 2.75) is 130 Å². The zero-order valence-corrected chi connectivity index (χ0v) is 19.9. The van der Waals surface area contributed by atoms with Crippen molar-refractivity contribution in [2.24, 2.45) is 5.41 Å². The predicted octanol–water partition coefficient (Wildman–Crippen LogP) is 7.38. The lowest BCUT2D eigenvalue weighted by Crippen LogP contribution is -2.37. The molecule has 0 saturated carbocycles. The molecule has 0 saturated heterocycles. The van der Waals surface area contributed by atoms with Gasteiger partial charge in [0.2, 0.25) is 0 Å². The second kappa shape index (κ2) is 18.9. The minimum absolute atomic E-state index is 0.390. The second-order valence-electron chi connectivity index (χ2n) is 8.85. The number of carbonyl (C=O) groups excluding carboxylic acids is 2. The topological polar surface area (TPSA) is 52.6 Å². The molecular formula is C25H48O4. The van der Waals surface area contributed by atoms with E-state index in [1.54, 1.807) is 13.8 Å². The summed E-state index contributed by atoms with van der Waals surface area (Å²) in [6, 6.07) is 0. The number of rotatable bonds is 20. The van der Waals surface area contributed by atoms with Gasteiger partial charge in [-0.25, -0.2) is 0 Å². The van der Waals surface area contributed by atoms with E-state index in [1.807, 2.05) is 0 Å². The van der Waals surface area contributed by atoms with Gasteiger partial charge in [0, 0.05) is 0 Å². The van der Waals surface area contributed by atoms with Gasteiger partial charge in [-0.3, -0.25) is 9.59 Å². The first kappa shape index (κ1) is 27.9. The maximum atomic E-state index is 12.3. The monoisotopic (exact) mass is 412 g/mol. The SMILES string of the molecule is CCCCCCCCCCCOC(=O)C(C)(C)C(=O)OCCCCCCCCC. The van der Waals surface area contributed by atoms with Crippen LogP contribution >= 0.6 is 0 Å². The molecule has 0 heterocycles. The van der Waals surface area contributed by atoms with Crippen LogP contribution in [0.3, 0.4) is 0 Å². The Hall–Kier alpha value is -1.06. The second-order valence-corrected chi connectivity index (χ2v) is 8.85. The average Bonchev–Trinajstić information content (AvgIpc) is 2.70. The smallest absolute Gasteiger partial charge is 0.322 e. The van der Waals surface area contributed by atoms with Crippen molar-refractivity contribution in [1.82, 2.24) is 0 Å². The van der Waals surface area contributed by atoms with Gasteiger partial charge >= 0.3 is 11.9 Å². The molecule has 0 aromatic rings. The lowest BCUT2D eigenvalue weighted by molar-refractivity contribution is -0.169. The summed E-state index contributed by atoms with van der Waals surface area (Å²) in [5, 5.41) is 0. The maximum absolute atomic E-state index is 12.3. The summed E-state index contributed by atoms with van der Waals surface area (Å²) in [6.07, 6.45) is 19.2. The van der Waals surface area contributed by atoms with Crippen LogP contribution in [0.5, 0.6) is 0 Å². The van der Waals surface area contributed by atoms with Crippen LogP contribution < -0.4 is 0 Å². The number of unbranched alkanes of at least 4 members (excludes halogenated alkanes) is 14. The van der Waals surface area contributed by atoms with E-state index in [9.17, 15) is 9.59 Å². The highest BCUT2D eigenvalue weighted by atomic mass is 16.6. The van der Waals surface area contributed by atoms with Crippen LogP contribution in [0.25, 0.3) is 0 Å². The Morgan fingerprint density at radius 2 is 0.793 bits per heavy atom. The van der Waals surface area contributed by atoms with E-state index in [0.29, 0.717) is 13.2 Å². The number of carbonyl (C=O) groups is 2. The standard InChI is InChI=1S/C25H48O4/c1-5-7-9-11-13-14-16-18-20-22-29-24(27)25(3,4)23(26)28-21-19-17-15-12-10-8-6-2/h5-22H2,1-4H3. The lowest BCUT2D eigenvalue weighted by atomic mass is 9.94. The highest BCUT2D eigenvalue weighted by Crippen LogP contribution is 2.20. The molecule has 0 spiro atoms. The number of hydrogen-bond donors (Lipinski definition) is 0. The van der Waals surface area contributed by atoms with E-state index < -0.39 is 17.4 Å². The zero-order chi connectivity index (χ0) is 21.8. The van der Waals surface area contributed by atoms with Crippen LogP contribution in [-0.4, -0.2) is 25.2 Å². The van der Waals surface area contributed by atoms with Crippen LogP contribution in [0.2, 0.25) is 0 Å². The third kappa shape index (κ3) is 15.4. The normalized spacial score (nSPS) is 11.4. The molecule has 0 aromatic heterocycles. The first-order chi connectivity index (χ1) is 14.0. The van der Waals surface area contributed by atoms with Gasteiger partial charge in [0.15, 0.2) is 5.41 Å². The van der Waals surface area contributed by atoms with E-state index in [-0.39, 0.29) is 0 Å². The summed E-state index contributed by atoms with van der Waals surface area (Å²) < 4.78 is 10.6. The van der Waals surface area contributed by atoms with Gasteiger partial charge in [-0.05, 0) is 26.7 Å². The fourth-order valence-electron chi connectivity index (χ4n) is 3.25. The third-order valence-corrected chi connectivity index (χ3v) is 5.48. The van der Waals surface area contributed by atoms with Crippen molar-refractivity contribution >= 4 is 11.9 Å². The summed E-state index contributed by atoms with van der Waals surface area (Å²) in [5.74, 6) is -0.942. The Morgan fingerprint density at radius 1 is 0.517 bits per heavy atom. The highest BCUT2D eigenvalue weighted by molar-refractivity contribution is 5.99. The molecule has 0 aliphatic carbocycles. The van der Waals surface area contributed by atoms with Gasteiger partial charge in [0.1, 0.15) is 0 Å². The summed E-state index contributed by atoms with van der Waals surface area (Å²) >= 11 is 0. The van der Waals surface area contributed by atoms with Gasteiger partial charge in [-0.2, -0.15) is 0 Å². The molecule has 0 radical (unpaired) electrons. The largest absolute Gasteiger partial charge is 0.465 e. The molecule has 0 atom stereocenters. The van der Waals surface area contributed by atoms with Gasteiger partial charge in [0.05, 0.1) is 13.2 Å². The molecule has 0 amide bonds. The molecule has 0 N–H and O–H groups in total. The van der Waals surface area contributed by atoms with Gasteiger partial charge in [0.25, 0.3) is 0 Å². The van der Waals surface area contributed by atoms with Crippen molar-refractivity contribution in [3.05, 3.63) is 0 Å². The van der Waals surface area contributed by atoms with Crippen LogP contribution in [0, 0.1) is 5.41 Å². The van der Waals surface area contributed by atoms with E-state index in [1.165, 1.54) is 77.0 Å². The molecule has 0 aliphatic rings. The summed E-state index contributed by atoms with van der Waals surface area (Å²) in [5.41, 5.74) is -1.22. The number of ether oxygens (including phenoxy) is 2. The Kier molecular flexibility index (Phi) is 18.2. The molecule has 0 rings (SSSR count). The fraction of sp³-hybridized carbons (Fsp3) is 0.920. The van der Waals surface area contributed by atoms with Crippen molar-refractivity contribution in [3.63, 3.8) is 0 Å². The fourth-order valence-corrected chi connectivity index (χ4v) is 3.25. The zero-order valence-electron chi connectivity index (χ0n) is 19.9. The minimum atomic E-state index is -1.22. The van der Waals surface area contributed by atoms with Gasteiger partial charge in [-0.15, -0.1) is 0 Å². The highest BCUT2D eigenvalue weighted by Gasteiger charge is 2.39. The predicted molar refractivity (Wildman–Crippen MR) is 121 cm³/mol. The van der Waals surface area contributed by atoms with E-state index in [0.717, 1.165) is 25.7 Å². The van der Waals surface area contributed by atoms with Crippen LogP contribution in [-0.2, 0) is 19.1 Å². The molecule has 0 aliphatic heterocycles. The van der Waals surface area contributed by atoms with E-state index >= 15 is 0 Å². The van der Waals surface area contributed by atoms with Crippen LogP contribution in [0.4, 0.5) is 0 Å². The Labute approximate surface area is 180 Å². The average molecular weight is 413 g/mol. The quantitative estimate of drug-likeness (QED) is 0.119. The first-order valence-electron chi connectivity index (χ1n) is 12.3.